The van der Waals surface area contributed by atoms with Gasteiger partial charge in [0.25, 0.3) is 11.5 Å². The van der Waals surface area contributed by atoms with E-state index in [1.807, 2.05) is 16.9 Å². The number of nitrogens with two attached hydrogens (primary N) is 1. The van der Waals surface area contributed by atoms with E-state index in [1.165, 1.54) is 12.1 Å². The van der Waals surface area contributed by atoms with Crippen molar-refractivity contribution in [1.29, 1.82) is 0 Å². The van der Waals surface area contributed by atoms with Crippen LogP contribution in [0.25, 0.3) is 16.6 Å². The molecule has 0 bridgehead atoms. The molecular formula is C27H27F2N7O2. The largest absolute Gasteiger partial charge is 0.367 e. The number of hydrogen-bond acceptors (Lipinski definition) is 6. The number of carbonyl (C=O) groups is 1. The van der Waals surface area contributed by atoms with E-state index >= 15 is 0 Å². The molecule has 1 saturated heterocycles. The third kappa shape index (κ3) is 4.12. The quantitative estimate of drug-likeness (QED) is 0.417. The van der Waals surface area contributed by atoms with Gasteiger partial charge in [-0.05, 0) is 48.6 Å². The molecular weight excluding hydrogens is 492 g/mol. The van der Waals surface area contributed by atoms with Crippen LogP contribution in [0.2, 0.25) is 0 Å². The maximum absolute atomic E-state index is 14.4. The van der Waals surface area contributed by atoms with E-state index in [1.54, 1.807) is 6.07 Å². The minimum Gasteiger partial charge on any atom is -0.367 e. The van der Waals surface area contributed by atoms with Crippen LogP contribution >= 0.6 is 0 Å². The first-order chi connectivity index (χ1) is 18.1. The van der Waals surface area contributed by atoms with Crippen LogP contribution < -0.4 is 21.5 Å². The van der Waals surface area contributed by atoms with Crippen molar-refractivity contribution in [3.8, 4) is 5.69 Å². The Kier molecular flexibility index (Phi) is 5.56. The molecule has 38 heavy (non-hydrogen) atoms. The topological polar surface area (TPSA) is 111 Å². The third-order valence-corrected chi connectivity index (χ3v) is 7.37. The summed E-state index contributed by atoms with van der Waals surface area (Å²) in [6.45, 7) is 5.50. The first kappa shape index (κ1) is 24.2. The van der Waals surface area contributed by atoms with E-state index in [-0.39, 0.29) is 17.2 Å². The number of amides is 1. The lowest BCUT2D eigenvalue weighted by molar-refractivity contribution is 0.102. The number of fused-ring (bicyclic) bond motifs is 1. The van der Waals surface area contributed by atoms with Gasteiger partial charge in [-0.3, -0.25) is 14.3 Å². The van der Waals surface area contributed by atoms with Crippen molar-refractivity contribution in [3.63, 3.8) is 0 Å². The minimum absolute atomic E-state index is 0.0688. The number of para-hydroxylation sites is 1. The molecule has 0 spiro atoms. The molecule has 1 aliphatic carbocycles. The van der Waals surface area contributed by atoms with Crippen LogP contribution in [0, 0.1) is 17.0 Å². The van der Waals surface area contributed by atoms with E-state index in [9.17, 15) is 18.4 Å². The van der Waals surface area contributed by atoms with E-state index in [2.05, 4.69) is 29.2 Å². The molecule has 3 heterocycles. The average Bonchev–Trinajstić information content (AvgIpc) is 3.56. The summed E-state index contributed by atoms with van der Waals surface area (Å²) in [7, 11) is 0. The molecule has 196 valence electrons. The van der Waals surface area contributed by atoms with Crippen molar-refractivity contribution in [2.45, 2.75) is 38.8 Å². The number of carbonyl (C=O) groups excluding carboxylic acids is 1. The number of benzene rings is 2. The molecule has 0 unspecified atom stereocenters. The predicted molar refractivity (Wildman–Crippen MR) is 140 cm³/mol. The highest BCUT2D eigenvalue weighted by molar-refractivity contribution is 6.08. The van der Waals surface area contributed by atoms with Crippen LogP contribution in [0.15, 0.2) is 53.5 Å². The van der Waals surface area contributed by atoms with Gasteiger partial charge in [-0.1, -0.05) is 19.9 Å². The van der Waals surface area contributed by atoms with E-state index < -0.39 is 28.8 Å². The number of halogens is 2. The highest BCUT2D eigenvalue weighted by Gasteiger charge is 2.39. The maximum atomic E-state index is 14.4. The Hall–Kier alpha value is -4.12. The Morgan fingerprint density at radius 2 is 1.79 bits per heavy atom. The second kappa shape index (κ2) is 8.73. The summed E-state index contributed by atoms with van der Waals surface area (Å²) < 4.78 is 31.3. The summed E-state index contributed by atoms with van der Waals surface area (Å²) in [5.74, 6) is -2.57. The zero-order valence-corrected chi connectivity index (χ0v) is 21.0. The Morgan fingerprint density at radius 1 is 1.05 bits per heavy atom. The molecule has 1 aliphatic heterocycles. The lowest BCUT2D eigenvalue weighted by atomic mass is 9.89. The lowest BCUT2D eigenvalue weighted by Crippen LogP contribution is -2.35. The number of nitrogens with zero attached hydrogens (tertiary/aromatic N) is 5. The predicted octanol–water partition coefficient (Wildman–Crippen LogP) is 3.62. The molecule has 1 atom stereocenters. The van der Waals surface area contributed by atoms with Crippen LogP contribution in [0.5, 0.6) is 0 Å². The van der Waals surface area contributed by atoms with E-state index in [0.29, 0.717) is 29.5 Å². The minimum atomic E-state index is -0.967. The van der Waals surface area contributed by atoms with Crippen molar-refractivity contribution < 1.29 is 13.6 Å². The number of nitrogens with one attached hydrogen (secondary N) is 1. The molecule has 4 aromatic rings. The molecule has 6 rings (SSSR count). The molecule has 2 aromatic heterocycles. The van der Waals surface area contributed by atoms with Crippen LogP contribution in [0.3, 0.4) is 0 Å². The molecule has 2 aromatic carbocycles. The first-order valence-corrected chi connectivity index (χ1v) is 12.5. The summed E-state index contributed by atoms with van der Waals surface area (Å²) in [4.78, 5) is 27.9. The van der Waals surface area contributed by atoms with Crippen molar-refractivity contribution >= 4 is 28.2 Å². The van der Waals surface area contributed by atoms with Gasteiger partial charge in [-0.15, -0.1) is 0 Å². The van der Waals surface area contributed by atoms with Crippen LogP contribution in [0.1, 0.15) is 43.2 Å². The zero-order chi connectivity index (χ0) is 26.8. The van der Waals surface area contributed by atoms with Gasteiger partial charge < -0.3 is 16.0 Å². The van der Waals surface area contributed by atoms with Crippen molar-refractivity contribution in [1.82, 2.24) is 19.6 Å². The van der Waals surface area contributed by atoms with Gasteiger partial charge in [0, 0.05) is 36.8 Å². The Labute approximate surface area is 216 Å². The number of rotatable bonds is 5. The smallest absolute Gasteiger partial charge is 0.276 e. The Bertz CT molecular complexity index is 1620. The normalized spacial score (nSPS) is 18.8. The van der Waals surface area contributed by atoms with Gasteiger partial charge in [-0.25, -0.2) is 8.78 Å². The molecule has 2 aliphatic rings. The summed E-state index contributed by atoms with van der Waals surface area (Å²) >= 11 is 0. The monoisotopic (exact) mass is 519 g/mol. The zero-order valence-electron chi connectivity index (χ0n) is 21.0. The van der Waals surface area contributed by atoms with Gasteiger partial charge in [0.05, 0.1) is 22.9 Å². The standard InChI is InChI=1S/C27H27F2N7O2/c1-27(2)14-34(13-22(27)30)24-16-12-35(15-6-7-15)32-19(16)8-9-20(24)31-26(38)21-10-11-23(37)36(33-21)25-17(28)4-3-5-18(25)29/h3-5,8-12,15,22H,6-7,13-14,30H2,1-2H3,(H,31,38)/t22-/m1/s1. The van der Waals surface area contributed by atoms with Crippen LogP contribution in [0.4, 0.5) is 20.2 Å². The van der Waals surface area contributed by atoms with Gasteiger partial charge in [0.1, 0.15) is 11.4 Å². The highest BCUT2D eigenvalue weighted by Crippen LogP contribution is 2.42. The molecule has 9 nitrogen and oxygen atoms in total. The summed E-state index contributed by atoms with van der Waals surface area (Å²) in [6.07, 6.45) is 4.17. The summed E-state index contributed by atoms with van der Waals surface area (Å²) in [5.41, 5.74) is 6.86. The van der Waals surface area contributed by atoms with Gasteiger partial charge >= 0.3 is 0 Å². The number of anilines is 2. The molecule has 1 amide bonds. The fraction of sp³-hybridized carbons (Fsp3) is 0.333. The summed E-state index contributed by atoms with van der Waals surface area (Å²) in [5, 5.41) is 12.5. The van der Waals surface area contributed by atoms with Gasteiger partial charge in [0.15, 0.2) is 11.6 Å². The second-order valence-corrected chi connectivity index (χ2v) is 10.7. The van der Waals surface area contributed by atoms with Crippen molar-refractivity contribution in [3.05, 3.63) is 76.3 Å². The Balaban J connectivity index is 1.40. The number of aromatic nitrogens is 4. The van der Waals surface area contributed by atoms with Crippen molar-refractivity contribution in [2.75, 3.05) is 23.3 Å². The molecule has 1 saturated carbocycles. The first-order valence-electron chi connectivity index (χ1n) is 12.5. The average molecular weight is 520 g/mol. The van der Waals surface area contributed by atoms with Crippen LogP contribution in [-0.2, 0) is 0 Å². The van der Waals surface area contributed by atoms with E-state index in [4.69, 9.17) is 10.8 Å². The van der Waals surface area contributed by atoms with Crippen molar-refractivity contribution in [2.24, 2.45) is 11.1 Å². The molecule has 11 heteroatoms. The van der Waals surface area contributed by atoms with Gasteiger partial charge in [0.2, 0.25) is 0 Å². The third-order valence-electron chi connectivity index (χ3n) is 7.37. The van der Waals surface area contributed by atoms with Crippen LogP contribution in [-0.4, -0.2) is 44.6 Å². The molecule has 3 N–H and O–H groups in total. The lowest BCUT2D eigenvalue weighted by Gasteiger charge is -2.25. The van der Waals surface area contributed by atoms with Gasteiger partial charge in [-0.2, -0.15) is 14.9 Å². The summed E-state index contributed by atoms with van der Waals surface area (Å²) in [6, 6.07) is 9.45. The molecule has 2 fully saturated rings. The second-order valence-electron chi connectivity index (χ2n) is 10.7. The Morgan fingerprint density at radius 3 is 2.45 bits per heavy atom. The highest BCUT2D eigenvalue weighted by atomic mass is 19.1. The SMILES string of the molecule is CC1(C)CN(c2c(NC(=O)c3ccc(=O)n(-c4c(F)cccc4F)n3)ccc3nn(C4CC4)cc23)C[C@H]1N. The number of hydrogen-bond donors (Lipinski definition) is 2. The molecule has 0 radical (unpaired) electrons. The fourth-order valence-electron chi connectivity index (χ4n) is 4.96. The maximum Gasteiger partial charge on any atom is 0.276 e. The fourth-order valence-corrected chi connectivity index (χ4v) is 4.96. The van der Waals surface area contributed by atoms with E-state index in [0.717, 1.165) is 47.6 Å².